The summed E-state index contributed by atoms with van der Waals surface area (Å²) in [4.78, 5) is 18.7. The van der Waals surface area contributed by atoms with Crippen molar-refractivity contribution in [2.24, 2.45) is 5.92 Å². The lowest BCUT2D eigenvalue weighted by atomic mass is 9.98. The second-order valence-corrected chi connectivity index (χ2v) is 7.05. The minimum Gasteiger partial charge on any atom is -0.431 e. The van der Waals surface area contributed by atoms with Gasteiger partial charge in [-0.15, -0.1) is 0 Å². The van der Waals surface area contributed by atoms with Gasteiger partial charge in [-0.1, -0.05) is 23.9 Å². The Morgan fingerprint density at radius 1 is 1.32 bits per heavy atom. The Balaban J connectivity index is 1.39. The molecule has 0 spiro atoms. The standard InChI is InChI=1S/C18H24N2O4S/c1-22-10-11-23-12-14-6-8-20(9-7-14)17(21)13-25-18-19-15-4-2-3-5-16(15)24-18/h2-5,14H,6-13H2,1H3. The highest BCUT2D eigenvalue weighted by atomic mass is 32.2. The van der Waals surface area contributed by atoms with Crippen LogP contribution in [0.5, 0.6) is 0 Å². The average molecular weight is 364 g/mol. The maximum Gasteiger partial charge on any atom is 0.257 e. The summed E-state index contributed by atoms with van der Waals surface area (Å²) in [6.45, 7) is 3.61. The van der Waals surface area contributed by atoms with Gasteiger partial charge in [0.2, 0.25) is 5.91 Å². The summed E-state index contributed by atoms with van der Waals surface area (Å²) in [5.41, 5.74) is 1.58. The number of carbonyl (C=O) groups is 1. The maximum atomic E-state index is 12.4. The van der Waals surface area contributed by atoms with Crippen molar-refractivity contribution in [2.75, 3.05) is 45.8 Å². The molecule has 2 aromatic rings. The Hall–Kier alpha value is -1.57. The van der Waals surface area contributed by atoms with E-state index in [0.29, 0.717) is 30.1 Å². The van der Waals surface area contributed by atoms with Crippen molar-refractivity contribution >= 4 is 28.8 Å². The summed E-state index contributed by atoms with van der Waals surface area (Å²) < 4.78 is 16.2. The summed E-state index contributed by atoms with van der Waals surface area (Å²) in [6, 6.07) is 7.63. The van der Waals surface area contributed by atoms with Gasteiger partial charge in [0.1, 0.15) is 5.52 Å². The molecule has 1 fully saturated rings. The highest BCUT2D eigenvalue weighted by Crippen LogP contribution is 2.24. The van der Waals surface area contributed by atoms with Crippen LogP contribution in [0, 0.1) is 5.92 Å². The quantitative estimate of drug-likeness (QED) is 0.530. The summed E-state index contributed by atoms with van der Waals surface area (Å²) in [7, 11) is 1.67. The van der Waals surface area contributed by atoms with Gasteiger partial charge in [-0.3, -0.25) is 4.79 Å². The molecule has 6 nitrogen and oxygen atoms in total. The van der Waals surface area contributed by atoms with Crippen molar-refractivity contribution in [1.29, 1.82) is 0 Å². The summed E-state index contributed by atoms with van der Waals surface area (Å²) in [5, 5.41) is 0.552. The van der Waals surface area contributed by atoms with E-state index in [2.05, 4.69) is 4.98 Å². The van der Waals surface area contributed by atoms with E-state index in [9.17, 15) is 4.79 Å². The fourth-order valence-electron chi connectivity index (χ4n) is 2.87. The molecular weight excluding hydrogens is 340 g/mol. The zero-order valence-electron chi connectivity index (χ0n) is 14.5. The third-order valence-corrected chi connectivity index (χ3v) is 5.16. The Morgan fingerprint density at radius 3 is 2.88 bits per heavy atom. The van der Waals surface area contributed by atoms with E-state index >= 15 is 0 Å². The SMILES string of the molecule is COCCOCC1CCN(C(=O)CSc2nc3ccccc3o2)CC1. The van der Waals surface area contributed by atoms with Crippen molar-refractivity contribution in [3.63, 3.8) is 0 Å². The lowest BCUT2D eigenvalue weighted by molar-refractivity contribution is -0.130. The molecule has 0 N–H and O–H groups in total. The van der Waals surface area contributed by atoms with E-state index in [1.54, 1.807) is 7.11 Å². The molecule has 3 rings (SSSR count). The van der Waals surface area contributed by atoms with Gasteiger partial charge in [0, 0.05) is 26.8 Å². The number of fused-ring (bicyclic) bond motifs is 1. The number of ether oxygens (including phenoxy) is 2. The fourth-order valence-corrected chi connectivity index (χ4v) is 3.61. The number of nitrogens with zero attached hydrogens (tertiary/aromatic N) is 2. The van der Waals surface area contributed by atoms with Crippen LogP contribution >= 0.6 is 11.8 Å². The topological polar surface area (TPSA) is 64.8 Å². The van der Waals surface area contributed by atoms with Crippen LogP contribution in [-0.2, 0) is 14.3 Å². The Bertz CT molecular complexity index is 650. The van der Waals surface area contributed by atoms with E-state index in [4.69, 9.17) is 13.9 Å². The Morgan fingerprint density at radius 2 is 2.12 bits per heavy atom. The van der Waals surface area contributed by atoms with Crippen LogP contribution in [0.3, 0.4) is 0 Å². The van der Waals surface area contributed by atoms with Crippen LogP contribution in [0.25, 0.3) is 11.1 Å². The number of piperidine rings is 1. The first kappa shape index (κ1) is 18.2. The summed E-state index contributed by atoms with van der Waals surface area (Å²) in [5.74, 6) is 1.04. The van der Waals surface area contributed by atoms with Crippen LogP contribution in [-0.4, -0.2) is 61.6 Å². The molecule has 25 heavy (non-hydrogen) atoms. The molecule has 0 radical (unpaired) electrons. The number of amides is 1. The number of likely N-dealkylation sites (tertiary alicyclic amines) is 1. The van der Waals surface area contributed by atoms with Crippen LogP contribution in [0.1, 0.15) is 12.8 Å². The van der Waals surface area contributed by atoms with E-state index in [1.807, 2.05) is 29.2 Å². The van der Waals surface area contributed by atoms with E-state index in [1.165, 1.54) is 11.8 Å². The number of para-hydroxylation sites is 2. The average Bonchev–Trinajstić information content (AvgIpc) is 3.07. The number of methoxy groups -OCH3 is 1. The van der Waals surface area contributed by atoms with E-state index < -0.39 is 0 Å². The molecule has 136 valence electrons. The minimum atomic E-state index is 0.144. The predicted molar refractivity (Wildman–Crippen MR) is 96.7 cm³/mol. The molecule has 0 saturated carbocycles. The highest BCUT2D eigenvalue weighted by molar-refractivity contribution is 7.99. The molecule has 0 aliphatic carbocycles. The van der Waals surface area contributed by atoms with Crippen LogP contribution < -0.4 is 0 Å². The van der Waals surface area contributed by atoms with Crippen molar-refractivity contribution in [3.05, 3.63) is 24.3 Å². The number of carbonyl (C=O) groups excluding carboxylic acids is 1. The lowest BCUT2D eigenvalue weighted by Gasteiger charge is -2.31. The van der Waals surface area contributed by atoms with Gasteiger partial charge >= 0.3 is 0 Å². The minimum absolute atomic E-state index is 0.144. The van der Waals surface area contributed by atoms with Crippen LogP contribution in [0.2, 0.25) is 0 Å². The van der Waals surface area contributed by atoms with Gasteiger partial charge in [-0.2, -0.15) is 0 Å². The van der Waals surface area contributed by atoms with Gasteiger partial charge in [0.05, 0.1) is 19.0 Å². The van der Waals surface area contributed by atoms with Gasteiger partial charge in [-0.05, 0) is 30.9 Å². The first-order valence-corrected chi connectivity index (χ1v) is 9.57. The molecule has 1 aromatic heterocycles. The van der Waals surface area contributed by atoms with Crippen molar-refractivity contribution in [2.45, 2.75) is 18.1 Å². The van der Waals surface area contributed by atoms with Crippen LogP contribution in [0.15, 0.2) is 33.9 Å². The Kier molecular flexibility index (Phi) is 6.72. The Labute approximate surface area is 151 Å². The third-order valence-electron chi connectivity index (χ3n) is 4.35. The smallest absolute Gasteiger partial charge is 0.257 e. The number of oxazole rings is 1. The summed E-state index contributed by atoms with van der Waals surface area (Å²) >= 11 is 1.36. The molecular formula is C18H24N2O4S. The number of hydrogen-bond acceptors (Lipinski definition) is 6. The monoisotopic (exact) mass is 364 g/mol. The first-order chi connectivity index (χ1) is 12.3. The number of thioether (sulfide) groups is 1. The van der Waals surface area contributed by atoms with Gasteiger partial charge in [0.25, 0.3) is 5.22 Å². The van der Waals surface area contributed by atoms with Gasteiger partial charge in [0.15, 0.2) is 5.58 Å². The number of benzene rings is 1. The molecule has 0 atom stereocenters. The molecule has 2 heterocycles. The normalized spacial score (nSPS) is 15.8. The predicted octanol–water partition coefficient (Wildman–Crippen LogP) is 2.82. The van der Waals surface area contributed by atoms with Crippen molar-refractivity contribution in [3.8, 4) is 0 Å². The highest BCUT2D eigenvalue weighted by Gasteiger charge is 2.23. The van der Waals surface area contributed by atoms with Gasteiger partial charge in [-0.25, -0.2) is 4.98 Å². The van der Waals surface area contributed by atoms with Crippen LogP contribution in [0.4, 0.5) is 0 Å². The number of aromatic nitrogens is 1. The number of rotatable bonds is 8. The van der Waals surface area contributed by atoms with E-state index in [-0.39, 0.29) is 5.91 Å². The fraction of sp³-hybridized carbons (Fsp3) is 0.556. The zero-order valence-corrected chi connectivity index (χ0v) is 15.3. The van der Waals surface area contributed by atoms with Crippen molar-refractivity contribution in [1.82, 2.24) is 9.88 Å². The molecule has 1 amide bonds. The first-order valence-electron chi connectivity index (χ1n) is 8.59. The zero-order chi connectivity index (χ0) is 17.5. The molecule has 1 aliphatic rings. The van der Waals surface area contributed by atoms with E-state index in [0.717, 1.165) is 43.6 Å². The molecule has 1 aliphatic heterocycles. The third kappa shape index (κ3) is 5.20. The summed E-state index contributed by atoms with van der Waals surface area (Å²) in [6.07, 6.45) is 1.98. The lowest BCUT2D eigenvalue weighted by Crippen LogP contribution is -2.40. The molecule has 1 aromatic carbocycles. The number of hydrogen-bond donors (Lipinski definition) is 0. The van der Waals surface area contributed by atoms with Gasteiger partial charge < -0.3 is 18.8 Å². The molecule has 0 bridgehead atoms. The molecule has 0 unspecified atom stereocenters. The molecule has 1 saturated heterocycles. The second-order valence-electron chi connectivity index (χ2n) is 6.13. The maximum absolute atomic E-state index is 12.4. The molecule has 7 heteroatoms. The largest absolute Gasteiger partial charge is 0.431 e. The second kappa shape index (κ2) is 9.22. The van der Waals surface area contributed by atoms with Crippen molar-refractivity contribution < 1.29 is 18.7 Å².